The molecule has 0 atom stereocenters. The van der Waals surface area contributed by atoms with Crippen molar-refractivity contribution in [3.63, 3.8) is 0 Å². The second-order valence-electron chi connectivity index (χ2n) is 7.80. The lowest BCUT2D eigenvalue weighted by molar-refractivity contribution is -0.120. The fourth-order valence-electron chi connectivity index (χ4n) is 3.25. The van der Waals surface area contributed by atoms with Gasteiger partial charge in [0.15, 0.2) is 0 Å². The van der Waals surface area contributed by atoms with E-state index in [-0.39, 0.29) is 23.8 Å². The van der Waals surface area contributed by atoms with E-state index >= 15 is 0 Å². The summed E-state index contributed by atoms with van der Waals surface area (Å²) in [6.45, 7) is 7.67. The molecule has 5 nitrogen and oxygen atoms in total. The number of aromatic nitrogens is 1. The lowest BCUT2D eigenvalue weighted by atomic mass is 9.86. The van der Waals surface area contributed by atoms with Gasteiger partial charge in [-0.3, -0.25) is 14.6 Å². The molecule has 2 aromatic carbocycles. The fourth-order valence-corrected chi connectivity index (χ4v) is 3.25. The van der Waals surface area contributed by atoms with Gasteiger partial charge in [-0.05, 0) is 29.2 Å². The van der Waals surface area contributed by atoms with E-state index in [1.54, 1.807) is 6.20 Å². The van der Waals surface area contributed by atoms with Crippen molar-refractivity contribution in [3.05, 3.63) is 66.4 Å². The number of benzene rings is 2. The van der Waals surface area contributed by atoms with Gasteiger partial charge in [-0.25, -0.2) is 0 Å². The molecule has 3 aromatic rings. The SMILES string of the molecule is CC(=O)N(CC(=O)Nc1ccccc1C(C)(C)C)c1cccc2cccnc12. The van der Waals surface area contributed by atoms with Crippen LogP contribution in [-0.4, -0.2) is 23.3 Å². The molecule has 2 amide bonds. The van der Waals surface area contributed by atoms with Crippen LogP contribution in [0.25, 0.3) is 10.9 Å². The summed E-state index contributed by atoms with van der Waals surface area (Å²) in [6, 6.07) is 17.1. The Morgan fingerprint density at radius 2 is 1.71 bits per heavy atom. The number of fused-ring (bicyclic) bond motifs is 1. The maximum absolute atomic E-state index is 12.8. The van der Waals surface area contributed by atoms with Crippen molar-refractivity contribution in [2.24, 2.45) is 0 Å². The third-order valence-corrected chi connectivity index (χ3v) is 4.59. The number of carbonyl (C=O) groups is 2. The van der Waals surface area contributed by atoms with E-state index in [4.69, 9.17) is 0 Å². The van der Waals surface area contributed by atoms with E-state index in [0.717, 1.165) is 16.6 Å². The van der Waals surface area contributed by atoms with Gasteiger partial charge in [0.05, 0.1) is 11.2 Å². The largest absolute Gasteiger partial charge is 0.324 e. The average Bonchev–Trinajstić information content (AvgIpc) is 2.65. The van der Waals surface area contributed by atoms with Crippen molar-refractivity contribution in [1.29, 1.82) is 0 Å². The van der Waals surface area contributed by atoms with Crippen LogP contribution >= 0.6 is 0 Å². The fraction of sp³-hybridized carbons (Fsp3) is 0.261. The molecule has 0 saturated carbocycles. The van der Waals surface area contributed by atoms with Crippen LogP contribution in [0.5, 0.6) is 0 Å². The Kier molecular flexibility index (Phi) is 5.45. The van der Waals surface area contributed by atoms with Crippen LogP contribution in [0.2, 0.25) is 0 Å². The maximum Gasteiger partial charge on any atom is 0.244 e. The van der Waals surface area contributed by atoms with E-state index in [1.165, 1.54) is 11.8 Å². The van der Waals surface area contributed by atoms with Gasteiger partial charge in [-0.2, -0.15) is 0 Å². The van der Waals surface area contributed by atoms with Gasteiger partial charge in [-0.1, -0.05) is 57.2 Å². The van der Waals surface area contributed by atoms with Gasteiger partial charge in [0.1, 0.15) is 6.54 Å². The van der Waals surface area contributed by atoms with Gasteiger partial charge in [0.2, 0.25) is 11.8 Å². The molecule has 0 aliphatic rings. The minimum atomic E-state index is -0.250. The molecule has 0 fully saturated rings. The number of nitrogens with one attached hydrogen (secondary N) is 1. The number of carbonyl (C=O) groups excluding carboxylic acids is 2. The summed E-state index contributed by atoms with van der Waals surface area (Å²) in [6.07, 6.45) is 1.68. The molecule has 1 aromatic heterocycles. The highest BCUT2D eigenvalue weighted by Crippen LogP contribution is 2.29. The Hall–Kier alpha value is -3.21. The smallest absolute Gasteiger partial charge is 0.244 e. The molecule has 1 heterocycles. The van der Waals surface area contributed by atoms with E-state index in [1.807, 2.05) is 54.6 Å². The predicted octanol–water partition coefficient (Wildman–Crippen LogP) is 4.52. The van der Waals surface area contributed by atoms with Crippen LogP contribution in [0.15, 0.2) is 60.8 Å². The third kappa shape index (κ3) is 4.19. The summed E-state index contributed by atoms with van der Waals surface area (Å²) in [5.41, 5.74) is 3.03. The Labute approximate surface area is 165 Å². The molecule has 0 aliphatic heterocycles. The summed E-state index contributed by atoms with van der Waals surface area (Å²) in [4.78, 5) is 31.0. The first kappa shape index (κ1) is 19.5. The van der Waals surface area contributed by atoms with Gasteiger partial charge in [-0.15, -0.1) is 0 Å². The van der Waals surface area contributed by atoms with E-state index in [0.29, 0.717) is 11.2 Å². The molecule has 0 saturated heterocycles. The van der Waals surface area contributed by atoms with Crippen LogP contribution in [0.4, 0.5) is 11.4 Å². The molecule has 0 unspecified atom stereocenters. The van der Waals surface area contributed by atoms with E-state index in [2.05, 4.69) is 31.1 Å². The van der Waals surface area contributed by atoms with Crippen molar-refractivity contribution in [3.8, 4) is 0 Å². The summed E-state index contributed by atoms with van der Waals surface area (Å²) in [7, 11) is 0. The normalized spacial score (nSPS) is 11.3. The Bertz CT molecular complexity index is 1020. The Balaban J connectivity index is 1.88. The van der Waals surface area contributed by atoms with Crippen LogP contribution in [0.1, 0.15) is 33.3 Å². The van der Waals surface area contributed by atoms with Gasteiger partial charge in [0.25, 0.3) is 0 Å². The summed E-state index contributed by atoms with van der Waals surface area (Å²) in [5.74, 6) is -0.461. The highest BCUT2D eigenvalue weighted by Gasteiger charge is 2.21. The standard InChI is InChI=1S/C23H25N3O2/c1-16(27)26(20-13-7-9-17-10-8-14-24-22(17)20)15-21(28)25-19-12-6-5-11-18(19)23(2,3)4/h5-14H,15H2,1-4H3,(H,25,28). The van der Waals surface area contributed by atoms with Crippen LogP contribution in [0, 0.1) is 0 Å². The highest BCUT2D eigenvalue weighted by atomic mass is 16.2. The second kappa shape index (κ2) is 7.80. The summed E-state index contributed by atoms with van der Waals surface area (Å²) in [5, 5.41) is 3.89. The van der Waals surface area contributed by atoms with E-state index in [9.17, 15) is 9.59 Å². The number of nitrogens with zero attached hydrogens (tertiary/aromatic N) is 2. The second-order valence-corrected chi connectivity index (χ2v) is 7.80. The maximum atomic E-state index is 12.8. The van der Waals surface area contributed by atoms with Crippen molar-refractivity contribution in [2.45, 2.75) is 33.1 Å². The number of para-hydroxylation sites is 2. The van der Waals surface area contributed by atoms with Gasteiger partial charge >= 0.3 is 0 Å². The van der Waals surface area contributed by atoms with Crippen molar-refractivity contribution >= 4 is 34.1 Å². The Morgan fingerprint density at radius 3 is 2.43 bits per heavy atom. The molecule has 0 aliphatic carbocycles. The van der Waals surface area contributed by atoms with Crippen LogP contribution < -0.4 is 10.2 Å². The van der Waals surface area contributed by atoms with Crippen LogP contribution in [0.3, 0.4) is 0 Å². The predicted molar refractivity (Wildman–Crippen MR) is 114 cm³/mol. The molecule has 0 radical (unpaired) electrons. The first-order valence-corrected chi connectivity index (χ1v) is 9.28. The minimum absolute atomic E-state index is 0.0799. The van der Waals surface area contributed by atoms with Crippen molar-refractivity contribution < 1.29 is 9.59 Å². The zero-order valence-corrected chi connectivity index (χ0v) is 16.7. The van der Waals surface area contributed by atoms with Gasteiger partial charge in [0, 0.05) is 24.2 Å². The number of anilines is 2. The van der Waals surface area contributed by atoms with Crippen molar-refractivity contribution in [1.82, 2.24) is 4.98 Å². The number of amides is 2. The topological polar surface area (TPSA) is 62.3 Å². The number of hydrogen-bond donors (Lipinski definition) is 1. The van der Waals surface area contributed by atoms with E-state index < -0.39 is 0 Å². The monoisotopic (exact) mass is 375 g/mol. The van der Waals surface area contributed by atoms with Crippen LogP contribution in [-0.2, 0) is 15.0 Å². The lowest BCUT2D eigenvalue weighted by Gasteiger charge is -2.25. The molecule has 144 valence electrons. The average molecular weight is 375 g/mol. The Morgan fingerprint density at radius 1 is 1.00 bits per heavy atom. The molecule has 28 heavy (non-hydrogen) atoms. The zero-order valence-electron chi connectivity index (χ0n) is 16.7. The van der Waals surface area contributed by atoms with Crippen molar-refractivity contribution in [2.75, 3.05) is 16.8 Å². The molecular weight excluding hydrogens is 350 g/mol. The molecule has 5 heteroatoms. The molecular formula is C23H25N3O2. The van der Waals surface area contributed by atoms with Gasteiger partial charge < -0.3 is 10.2 Å². The lowest BCUT2D eigenvalue weighted by Crippen LogP contribution is -2.37. The zero-order chi connectivity index (χ0) is 20.3. The first-order chi connectivity index (χ1) is 13.3. The summed E-state index contributed by atoms with van der Waals surface area (Å²) < 4.78 is 0. The minimum Gasteiger partial charge on any atom is -0.324 e. The molecule has 0 spiro atoms. The highest BCUT2D eigenvalue weighted by molar-refractivity contribution is 6.06. The third-order valence-electron chi connectivity index (χ3n) is 4.59. The summed E-state index contributed by atoms with van der Waals surface area (Å²) >= 11 is 0. The number of hydrogen-bond acceptors (Lipinski definition) is 3. The number of pyridine rings is 1. The number of rotatable bonds is 4. The quantitative estimate of drug-likeness (QED) is 0.729. The molecule has 3 rings (SSSR count). The molecule has 0 bridgehead atoms. The molecule has 1 N–H and O–H groups in total. The first-order valence-electron chi connectivity index (χ1n) is 9.28.